The lowest BCUT2D eigenvalue weighted by atomic mass is 10.1. The number of nitriles is 1. The Balaban J connectivity index is 1.63. The van der Waals surface area contributed by atoms with Crippen molar-refractivity contribution < 1.29 is 26.3 Å². The molecule has 0 radical (unpaired) electrons. The average molecular weight is 520 g/mol. The average Bonchev–Trinajstić information content (AvgIpc) is 3.48. The van der Waals surface area contributed by atoms with Gasteiger partial charge in [0.05, 0.1) is 16.2 Å². The molecule has 0 aliphatic heterocycles. The molecule has 180 valence electrons. The molecule has 2 heterocycles. The quantitative estimate of drug-likeness (QED) is 0.345. The molecular formula is C22H16F3N5O3S2. The van der Waals surface area contributed by atoms with Crippen molar-refractivity contribution in [3.8, 4) is 28.8 Å². The van der Waals surface area contributed by atoms with Crippen LogP contribution in [0.4, 0.5) is 18.3 Å². The third kappa shape index (κ3) is 5.28. The maximum absolute atomic E-state index is 13.1. The Labute approximate surface area is 202 Å². The summed E-state index contributed by atoms with van der Waals surface area (Å²) in [4.78, 5) is 3.72. The van der Waals surface area contributed by atoms with Gasteiger partial charge in [0, 0.05) is 23.7 Å². The van der Waals surface area contributed by atoms with Crippen molar-refractivity contribution in [1.82, 2.24) is 14.8 Å². The van der Waals surface area contributed by atoms with E-state index >= 15 is 0 Å². The molecule has 0 amide bonds. The molecule has 0 saturated carbocycles. The van der Waals surface area contributed by atoms with Crippen LogP contribution in [0.25, 0.3) is 11.3 Å². The van der Waals surface area contributed by atoms with E-state index in [0.29, 0.717) is 5.56 Å². The number of ether oxygens (including phenoxy) is 1. The zero-order valence-corrected chi connectivity index (χ0v) is 19.6. The lowest BCUT2D eigenvalue weighted by Crippen LogP contribution is -2.13. The minimum atomic E-state index is -4.58. The van der Waals surface area contributed by atoms with Crippen molar-refractivity contribution in [2.75, 3.05) is 4.72 Å². The van der Waals surface area contributed by atoms with Gasteiger partial charge in [-0.15, -0.1) is 11.3 Å². The monoisotopic (exact) mass is 519 g/mol. The van der Waals surface area contributed by atoms with Crippen LogP contribution < -0.4 is 9.46 Å². The van der Waals surface area contributed by atoms with Crippen molar-refractivity contribution in [3.05, 3.63) is 71.4 Å². The summed E-state index contributed by atoms with van der Waals surface area (Å²) in [5, 5.41) is 15.0. The third-order valence-electron chi connectivity index (χ3n) is 4.76. The molecule has 0 bridgehead atoms. The lowest BCUT2D eigenvalue weighted by Gasteiger charge is -2.11. The Hall–Kier alpha value is -3.89. The number of nitrogens with zero attached hydrogens (tertiary/aromatic N) is 4. The van der Waals surface area contributed by atoms with Crippen LogP contribution in [-0.4, -0.2) is 23.2 Å². The van der Waals surface area contributed by atoms with Crippen LogP contribution >= 0.6 is 11.3 Å². The first-order chi connectivity index (χ1) is 16.6. The SMILES string of the molecule is CCn1nc(C(F)(F)F)cc1-c1cccc(Oc2ccc(S(=O)(=O)Nc3nccs3)cc2C#N)c1. The molecule has 2 aromatic carbocycles. The van der Waals surface area contributed by atoms with Gasteiger partial charge in [-0.1, -0.05) is 12.1 Å². The second kappa shape index (κ2) is 9.40. The molecule has 0 atom stereocenters. The number of rotatable bonds is 7. The molecule has 0 spiro atoms. The van der Waals surface area contributed by atoms with Crippen LogP contribution in [0.3, 0.4) is 0 Å². The van der Waals surface area contributed by atoms with Crippen LogP contribution in [0, 0.1) is 11.3 Å². The van der Waals surface area contributed by atoms with Crippen LogP contribution in [0.1, 0.15) is 18.2 Å². The van der Waals surface area contributed by atoms with Gasteiger partial charge in [-0.25, -0.2) is 13.4 Å². The highest BCUT2D eigenvalue weighted by atomic mass is 32.2. The fourth-order valence-electron chi connectivity index (χ4n) is 3.17. The number of alkyl halides is 3. The summed E-state index contributed by atoms with van der Waals surface area (Å²) >= 11 is 1.10. The molecule has 8 nitrogen and oxygen atoms in total. The van der Waals surface area contributed by atoms with Crippen molar-refractivity contribution in [2.45, 2.75) is 24.5 Å². The maximum Gasteiger partial charge on any atom is 0.435 e. The Morgan fingerprint density at radius 2 is 2.00 bits per heavy atom. The summed E-state index contributed by atoms with van der Waals surface area (Å²) < 4.78 is 73.9. The molecule has 4 aromatic rings. The lowest BCUT2D eigenvalue weighted by molar-refractivity contribution is -0.141. The van der Waals surface area contributed by atoms with Crippen molar-refractivity contribution in [1.29, 1.82) is 5.26 Å². The van der Waals surface area contributed by atoms with Crippen molar-refractivity contribution in [2.24, 2.45) is 0 Å². The number of hydrogen-bond donors (Lipinski definition) is 1. The number of aryl methyl sites for hydroxylation is 1. The number of nitrogens with one attached hydrogen (secondary N) is 1. The molecule has 2 aromatic heterocycles. The summed E-state index contributed by atoms with van der Waals surface area (Å²) in [6.45, 7) is 1.90. The number of halogens is 3. The van der Waals surface area contributed by atoms with Gasteiger partial charge in [0.15, 0.2) is 10.8 Å². The van der Waals surface area contributed by atoms with E-state index in [1.165, 1.54) is 29.1 Å². The number of thiazole rings is 1. The second-order valence-electron chi connectivity index (χ2n) is 7.07. The molecule has 0 aliphatic rings. The van der Waals surface area contributed by atoms with E-state index in [9.17, 15) is 26.9 Å². The highest BCUT2D eigenvalue weighted by Crippen LogP contribution is 2.34. The Morgan fingerprint density at radius 3 is 2.66 bits per heavy atom. The molecule has 35 heavy (non-hydrogen) atoms. The predicted molar refractivity (Wildman–Crippen MR) is 122 cm³/mol. The second-order valence-corrected chi connectivity index (χ2v) is 9.65. The van der Waals surface area contributed by atoms with E-state index in [-0.39, 0.29) is 39.3 Å². The van der Waals surface area contributed by atoms with E-state index in [1.807, 2.05) is 6.07 Å². The fourth-order valence-corrected chi connectivity index (χ4v) is 4.99. The molecule has 13 heteroatoms. The number of aromatic nitrogens is 3. The van der Waals surface area contributed by atoms with Gasteiger partial charge >= 0.3 is 6.18 Å². The third-order valence-corrected chi connectivity index (χ3v) is 6.92. The summed E-state index contributed by atoms with van der Waals surface area (Å²) in [7, 11) is -3.98. The largest absolute Gasteiger partial charge is 0.456 e. The highest BCUT2D eigenvalue weighted by Gasteiger charge is 2.35. The zero-order valence-electron chi connectivity index (χ0n) is 17.9. The minimum Gasteiger partial charge on any atom is -0.456 e. The molecule has 0 saturated heterocycles. The molecule has 0 unspecified atom stereocenters. The fraction of sp³-hybridized carbons (Fsp3) is 0.136. The normalized spacial score (nSPS) is 11.7. The van der Waals surface area contributed by atoms with Crippen molar-refractivity contribution in [3.63, 3.8) is 0 Å². The molecule has 4 rings (SSSR count). The van der Waals surface area contributed by atoms with Gasteiger partial charge < -0.3 is 4.74 Å². The van der Waals surface area contributed by atoms with Crippen LogP contribution in [-0.2, 0) is 22.7 Å². The van der Waals surface area contributed by atoms with Gasteiger partial charge in [0.2, 0.25) is 0 Å². The number of anilines is 1. The van der Waals surface area contributed by atoms with E-state index in [1.54, 1.807) is 30.5 Å². The van der Waals surface area contributed by atoms with Crippen molar-refractivity contribution >= 4 is 26.5 Å². The molecule has 0 fully saturated rings. The predicted octanol–water partition coefficient (Wildman–Crippen LogP) is 5.51. The molecule has 1 N–H and O–H groups in total. The maximum atomic E-state index is 13.1. The Morgan fingerprint density at radius 1 is 1.20 bits per heavy atom. The summed E-state index contributed by atoms with van der Waals surface area (Å²) in [5.74, 6) is 0.325. The first-order valence-corrected chi connectivity index (χ1v) is 12.4. The Kier molecular flexibility index (Phi) is 6.51. The van der Waals surface area contributed by atoms with E-state index in [2.05, 4.69) is 14.8 Å². The van der Waals surface area contributed by atoms with Gasteiger partial charge in [0.1, 0.15) is 17.6 Å². The minimum absolute atomic E-state index is 0.0459. The van der Waals surface area contributed by atoms with Gasteiger partial charge in [-0.3, -0.25) is 9.40 Å². The van der Waals surface area contributed by atoms with E-state index in [4.69, 9.17) is 4.74 Å². The summed E-state index contributed by atoms with van der Waals surface area (Å²) in [5.41, 5.74) is -0.371. The van der Waals surface area contributed by atoms with Gasteiger partial charge in [-0.05, 0) is 43.3 Å². The Bertz CT molecular complexity index is 1510. The summed E-state index contributed by atoms with van der Waals surface area (Å²) in [6, 6.07) is 12.9. The standard InChI is InChI=1S/C22H16F3N5O3S2/c1-2-30-18(12-20(28-30)22(23,24)25)14-4-3-5-16(10-14)33-19-7-6-17(11-15(19)13-26)35(31,32)29-21-27-8-9-34-21/h3-12H,2H2,1H3,(H,27,29). The highest BCUT2D eigenvalue weighted by molar-refractivity contribution is 7.93. The topological polar surface area (TPSA) is 110 Å². The van der Waals surface area contributed by atoms with Gasteiger partial charge in [0.25, 0.3) is 10.0 Å². The zero-order chi connectivity index (χ0) is 25.2. The summed E-state index contributed by atoms with van der Waals surface area (Å²) in [6.07, 6.45) is -3.13. The van der Waals surface area contributed by atoms with Crippen LogP contribution in [0.5, 0.6) is 11.5 Å². The van der Waals surface area contributed by atoms with Crippen LogP contribution in [0.2, 0.25) is 0 Å². The number of benzene rings is 2. The number of sulfonamides is 1. The van der Waals surface area contributed by atoms with E-state index in [0.717, 1.165) is 23.5 Å². The number of hydrogen-bond acceptors (Lipinski definition) is 7. The first-order valence-electron chi connectivity index (χ1n) is 10.0. The van der Waals surface area contributed by atoms with Crippen LogP contribution in [0.15, 0.2) is 65.0 Å². The van der Waals surface area contributed by atoms with E-state index < -0.39 is 21.9 Å². The van der Waals surface area contributed by atoms with Gasteiger partial charge in [-0.2, -0.15) is 23.5 Å². The first kappa shape index (κ1) is 24.2. The molecule has 0 aliphatic carbocycles. The smallest absolute Gasteiger partial charge is 0.435 e. The molecular weight excluding hydrogens is 503 g/mol.